The first-order chi connectivity index (χ1) is 6.27. The van der Waals surface area contributed by atoms with Crippen LogP contribution in [0, 0.1) is 6.92 Å². The summed E-state index contributed by atoms with van der Waals surface area (Å²) >= 11 is 0. The van der Waals surface area contributed by atoms with Crippen LogP contribution in [0.25, 0.3) is 0 Å². The molecule has 1 aliphatic heterocycles. The van der Waals surface area contributed by atoms with Crippen LogP contribution < -0.4 is 5.32 Å². The minimum absolute atomic E-state index is 0.0806. The predicted octanol–water partition coefficient (Wildman–Crippen LogP) is 0.163. The lowest BCUT2D eigenvalue weighted by atomic mass is 10.1. The summed E-state index contributed by atoms with van der Waals surface area (Å²) in [5.74, 6) is 0.879. The summed E-state index contributed by atoms with van der Waals surface area (Å²) in [5, 5.41) is 16.7. The molecule has 1 saturated heterocycles. The van der Waals surface area contributed by atoms with Crippen LogP contribution in [0.1, 0.15) is 30.7 Å². The monoisotopic (exact) mass is 183 g/mol. The molecule has 72 valence electrons. The van der Waals surface area contributed by atoms with E-state index in [9.17, 15) is 5.11 Å². The highest BCUT2D eigenvalue weighted by molar-refractivity contribution is 4.96. The van der Waals surface area contributed by atoms with E-state index in [0.29, 0.717) is 11.7 Å². The van der Waals surface area contributed by atoms with Gasteiger partial charge < -0.3 is 14.9 Å². The molecule has 5 nitrogen and oxygen atoms in total. The van der Waals surface area contributed by atoms with Crippen LogP contribution in [0.2, 0.25) is 0 Å². The first-order valence-corrected chi connectivity index (χ1v) is 4.49. The Morgan fingerprint density at radius 3 is 3.08 bits per heavy atom. The molecule has 0 aromatic carbocycles. The van der Waals surface area contributed by atoms with Crippen molar-refractivity contribution >= 4 is 0 Å². The normalized spacial score (nSPS) is 24.9. The van der Waals surface area contributed by atoms with Crippen molar-refractivity contribution in [3.05, 3.63) is 11.7 Å². The van der Waals surface area contributed by atoms with E-state index in [-0.39, 0.29) is 6.04 Å². The lowest BCUT2D eigenvalue weighted by Gasteiger charge is -2.13. The molecule has 0 spiro atoms. The van der Waals surface area contributed by atoms with Crippen LogP contribution in [0.4, 0.5) is 0 Å². The zero-order chi connectivity index (χ0) is 9.26. The number of nitrogens with one attached hydrogen (secondary N) is 1. The van der Waals surface area contributed by atoms with Gasteiger partial charge in [0.05, 0.1) is 0 Å². The zero-order valence-corrected chi connectivity index (χ0v) is 7.53. The third-order valence-electron chi connectivity index (χ3n) is 2.29. The Morgan fingerprint density at radius 1 is 1.69 bits per heavy atom. The lowest BCUT2D eigenvalue weighted by molar-refractivity contribution is 0.125. The molecule has 1 unspecified atom stereocenters. The van der Waals surface area contributed by atoms with Crippen LogP contribution in [-0.2, 0) is 0 Å². The highest BCUT2D eigenvalue weighted by Gasteiger charge is 2.27. The first kappa shape index (κ1) is 8.65. The molecule has 0 amide bonds. The fourth-order valence-electron chi connectivity index (χ4n) is 1.60. The Bertz CT molecular complexity index is 281. The van der Waals surface area contributed by atoms with Crippen LogP contribution in [0.3, 0.4) is 0 Å². The van der Waals surface area contributed by atoms with E-state index in [0.717, 1.165) is 19.4 Å². The Labute approximate surface area is 76.1 Å². The summed E-state index contributed by atoms with van der Waals surface area (Å²) in [5.41, 5.74) is 0. The van der Waals surface area contributed by atoms with Crippen LogP contribution >= 0.6 is 0 Å². The Kier molecular flexibility index (Phi) is 2.28. The molecular formula is C8H13N3O2. The largest absolute Gasteiger partial charge is 0.383 e. The quantitative estimate of drug-likeness (QED) is 0.683. The second-order valence-electron chi connectivity index (χ2n) is 3.32. The van der Waals surface area contributed by atoms with E-state index in [1.54, 1.807) is 6.92 Å². The highest BCUT2D eigenvalue weighted by Crippen LogP contribution is 2.20. The van der Waals surface area contributed by atoms with Crippen molar-refractivity contribution < 1.29 is 9.63 Å². The van der Waals surface area contributed by atoms with Crippen LogP contribution in [0.15, 0.2) is 4.52 Å². The summed E-state index contributed by atoms with van der Waals surface area (Å²) < 4.78 is 4.80. The van der Waals surface area contributed by atoms with Gasteiger partial charge in [-0.2, -0.15) is 4.98 Å². The van der Waals surface area contributed by atoms with Crippen molar-refractivity contribution in [2.45, 2.75) is 31.9 Å². The van der Waals surface area contributed by atoms with Crippen molar-refractivity contribution in [2.75, 3.05) is 6.54 Å². The number of aliphatic hydroxyl groups is 1. The van der Waals surface area contributed by atoms with Crippen molar-refractivity contribution in [1.29, 1.82) is 0 Å². The van der Waals surface area contributed by atoms with Gasteiger partial charge in [0.15, 0.2) is 0 Å². The average Bonchev–Trinajstić information content (AvgIpc) is 2.72. The number of aromatic nitrogens is 2. The second-order valence-corrected chi connectivity index (χ2v) is 3.32. The van der Waals surface area contributed by atoms with Crippen molar-refractivity contribution in [3.8, 4) is 0 Å². The van der Waals surface area contributed by atoms with Crippen LogP contribution in [0.5, 0.6) is 0 Å². The van der Waals surface area contributed by atoms with Gasteiger partial charge in [0.2, 0.25) is 11.7 Å². The molecular weight excluding hydrogens is 170 g/mol. The molecule has 2 rings (SSSR count). The first-order valence-electron chi connectivity index (χ1n) is 4.49. The SMILES string of the molecule is Cc1nc(C(O)[C@@H]2CCCN2)no1. The molecule has 1 aromatic heterocycles. The molecule has 0 bridgehead atoms. The topological polar surface area (TPSA) is 71.2 Å². The second kappa shape index (κ2) is 3.43. The Balaban J connectivity index is 2.07. The molecule has 13 heavy (non-hydrogen) atoms. The molecule has 0 aliphatic carbocycles. The molecule has 1 fully saturated rings. The summed E-state index contributed by atoms with van der Waals surface area (Å²) in [6.45, 7) is 2.67. The van der Waals surface area contributed by atoms with Gasteiger partial charge in [0.1, 0.15) is 6.10 Å². The molecule has 1 aliphatic rings. The van der Waals surface area contributed by atoms with Gasteiger partial charge in [0, 0.05) is 13.0 Å². The van der Waals surface area contributed by atoms with E-state index >= 15 is 0 Å². The Hall–Kier alpha value is -0.940. The maximum Gasteiger partial charge on any atom is 0.223 e. The van der Waals surface area contributed by atoms with Gasteiger partial charge in [-0.1, -0.05) is 5.16 Å². The smallest absolute Gasteiger partial charge is 0.223 e. The van der Waals surface area contributed by atoms with E-state index in [1.165, 1.54) is 0 Å². The third-order valence-corrected chi connectivity index (χ3v) is 2.29. The molecule has 2 atom stereocenters. The third kappa shape index (κ3) is 1.71. The lowest BCUT2D eigenvalue weighted by Crippen LogP contribution is -2.29. The zero-order valence-electron chi connectivity index (χ0n) is 7.53. The average molecular weight is 183 g/mol. The summed E-state index contributed by atoms with van der Waals surface area (Å²) in [4.78, 5) is 3.99. The minimum Gasteiger partial charge on any atom is -0.383 e. The van der Waals surface area contributed by atoms with Gasteiger partial charge in [-0.3, -0.25) is 0 Å². The minimum atomic E-state index is -0.639. The van der Waals surface area contributed by atoms with E-state index in [2.05, 4.69) is 15.5 Å². The van der Waals surface area contributed by atoms with Gasteiger partial charge in [-0.15, -0.1) is 0 Å². The molecule has 5 heteroatoms. The molecule has 0 saturated carbocycles. The van der Waals surface area contributed by atoms with Gasteiger partial charge in [0.25, 0.3) is 0 Å². The fraction of sp³-hybridized carbons (Fsp3) is 0.750. The Morgan fingerprint density at radius 2 is 2.54 bits per heavy atom. The number of aryl methyl sites for hydroxylation is 1. The van der Waals surface area contributed by atoms with E-state index < -0.39 is 6.10 Å². The molecule has 2 heterocycles. The van der Waals surface area contributed by atoms with Crippen LogP contribution in [-0.4, -0.2) is 27.8 Å². The number of nitrogens with zero attached hydrogens (tertiary/aromatic N) is 2. The maximum absolute atomic E-state index is 9.79. The number of rotatable bonds is 2. The molecule has 2 N–H and O–H groups in total. The van der Waals surface area contributed by atoms with E-state index in [4.69, 9.17) is 4.52 Å². The maximum atomic E-state index is 9.79. The number of hydrogen-bond donors (Lipinski definition) is 2. The van der Waals surface area contributed by atoms with Crippen molar-refractivity contribution in [1.82, 2.24) is 15.5 Å². The number of aliphatic hydroxyl groups excluding tert-OH is 1. The van der Waals surface area contributed by atoms with Gasteiger partial charge >= 0.3 is 0 Å². The highest BCUT2D eigenvalue weighted by atomic mass is 16.5. The summed E-state index contributed by atoms with van der Waals surface area (Å²) in [7, 11) is 0. The van der Waals surface area contributed by atoms with Gasteiger partial charge in [-0.25, -0.2) is 0 Å². The van der Waals surface area contributed by atoms with Crippen molar-refractivity contribution in [3.63, 3.8) is 0 Å². The fourth-order valence-corrected chi connectivity index (χ4v) is 1.60. The molecule has 1 aromatic rings. The van der Waals surface area contributed by atoms with Crippen molar-refractivity contribution in [2.24, 2.45) is 0 Å². The number of hydrogen-bond acceptors (Lipinski definition) is 5. The summed E-state index contributed by atoms with van der Waals surface area (Å²) in [6, 6.07) is 0.0806. The van der Waals surface area contributed by atoms with E-state index in [1.807, 2.05) is 0 Å². The summed E-state index contributed by atoms with van der Waals surface area (Å²) in [6.07, 6.45) is 1.42. The predicted molar refractivity (Wildman–Crippen MR) is 45.0 cm³/mol. The van der Waals surface area contributed by atoms with Gasteiger partial charge in [-0.05, 0) is 19.4 Å². The molecule has 0 radical (unpaired) electrons. The standard InChI is InChI=1S/C8H13N3O2/c1-5-10-8(11-13-5)7(12)6-3-2-4-9-6/h6-7,9,12H,2-4H2,1H3/t6-,7?/m0/s1.